The Balaban J connectivity index is 1.46. The van der Waals surface area contributed by atoms with Gasteiger partial charge in [-0.2, -0.15) is 0 Å². The van der Waals surface area contributed by atoms with Gasteiger partial charge in [-0.1, -0.05) is 58.4 Å². The fraction of sp³-hybridized carbons (Fsp3) is 0.467. The molecule has 2 aliphatic heterocycles. The number of benzene rings is 2. The average Bonchev–Trinajstić information content (AvgIpc) is 3.27. The van der Waals surface area contributed by atoms with Crippen molar-refractivity contribution in [2.75, 3.05) is 9.80 Å². The summed E-state index contributed by atoms with van der Waals surface area (Å²) < 4.78 is 0. The molecule has 2 aliphatic rings. The molecule has 190 valence electrons. The second kappa shape index (κ2) is 10.8. The van der Waals surface area contributed by atoms with Gasteiger partial charge in [0.05, 0.1) is 35.0 Å². The van der Waals surface area contributed by atoms with Crippen molar-refractivity contribution in [3.63, 3.8) is 0 Å². The first-order valence-corrected chi connectivity index (χ1v) is 13.3. The van der Waals surface area contributed by atoms with E-state index in [0.29, 0.717) is 37.1 Å². The van der Waals surface area contributed by atoms with E-state index in [-0.39, 0.29) is 47.3 Å². The van der Waals surface area contributed by atoms with Crippen molar-refractivity contribution in [3.05, 3.63) is 59.7 Å². The lowest BCUT2D eigenvalue weighted by Gasteiger charge is -2.16. The summed E-state index contributed by atoms with van der Waals surface area (Å²) in [6.45, 7) is 7.92. The molecule has 2 aromatic carbocycles. The van der Waals surface area contributed by atoms with Crippen LogP contribution in [0.1, 0.15) is 70.9 Å². The number of amides is 4. The fourth-order valence-corrected chi connectivity index (χ4v) is 5.85. The lowest BCUT2D eigenvalue weighted by atomic mass is 9.89. The molecule has 4 amide bonds. The number of hydrogen-bond donors (Lipinski definition) is 0. The number of carbonyl (C=O) groups is 4. The summed E-state index contributed by atoms with van der Waals surface area (Å²) in [6, 6.07) is 15.1. The molecule has 4 atom stereocenters. The maximum atomic E-state index is 13.0. The number of imide groups is 2. The van der Waals surface area contributed by atoms with Gasteiger partial charge in [-0.05, 0) is 67.5 Å². The molecule has 2 fully saturated rings. The molecular formula is C30H36N2O4. The van der Waals surface area contributed by atoms with Gasteiger partial charge in [-0.15, -0.1) is 0 Å². The van der Waals surface area contributed by atoms with Gasteiger partial charge in [0, 0.05) is 0 Å². The molecule has 2 heterocycles. The summed E-state index contributed by atoms with van der Waals surface area (Å²) in [7, 11) is 0. The Morgan fingerprint density at radius 2 is 0.861 bits per heavy atom. The zero-order chi connectivity index (χ0) is 26.0. The molecule has 4 unspecified atom stereocenters. The van der Waals surface area contributed by atoms with Crippen LogP contribution in [0.4, 0.5) is 11.4 Å². The number of anilines is 2. The Morgan fingerprint density at radius 3 is 1.19 bits per heavy atom. The quantitative estimate of drug-likeness (QED) is 0.436. The van der Waals surface area contributed by atoms with Crippen LogP contribution in [0.15, 0.2) is 48.5 Å². The van der Waals surface area contributed by atoms with Gasteiger partial charge >= 0.3 is 0 Å². The summed E-state index contributed by atoms with van der Waals surface area (Å²) in [5.41, 5.74) is 3.35. The highest BCUT2D eigenvalue weighted by Crippen LogP contribution is 2.36. The molecule has 36 heavy (non-hydrogen) atoms. The van der Waals surface area contributed by atoms with Crippen LogP contribution in [-0.4, -0.2) is 23.6 Å². The second-order valence-electron chi connectivity index (χ2n) is 9.97. The van der Waals surface area contributed by atoms with Crippen LogP contribution >= 0.6 is 0 Å². The average molecular weight is 489 g/mol. The minimum absolute atomic E-state index is 0.0846. The number of nitrogens with zero attached hydrogens (tertiary/aromatic N) is 2. The number of hydrogen-bond acceptors (Lipinski definition) is 4. The molecule has 0 aromatic heterocycles. The van der Waals surface area contributed by atoms with Crippen molar-refractivity contribution < 1.29 is 19.2 Å². The SMILES string of the molecule is CCCC1C(=O)N(c2ccc(Cc3ccc(N4C(=O)C(CC)C(CC)C4=O)cc3)cc2)C(=O)C1CC. The van der Waals surface area contributed by atoms with Crippen molar-refractivity contribution in [1.82, 2.24) is 0 Å². The van der Waals surface area contributed by atoms with Crippen molar-refractivity contribution in [3.8, 4) is 0 Å². The van der Waals surface area contributed by atoms with Crippen LogP contribution in [0.25, 0.3) is 0 Å². The van der Waals surface area contributed by atoms with E-state index < -0.39 is 0 Å². The Bertz CT molecular complexity index is 1120. The zero-order valence-corrected chi connectivity index (χ0v) is 21.7. The molecule has 0 N–H and O–H groups in total. The lowest BCUT2D eigenvalue weighted by molar-refractivity contribution is -0.124. The van der Waals surface area contributed by atoms with Crippen LogP contribution in [0, 0.1) is 23.7 Å². The topological polar surface area (TPSA) is 74.8 Å². The van der Waals surface area contributed by atoms with Crippen LogP contribution in [0.3, 0.4) is 0 Å². The highest BCUT2D eigenvalue weighted by molar-refractivity contribution is 6.22. The molecule has 4 rings (SSSR count). The smallest absolute Gasteiger partial charge is 0.237 e. The van der Waals surface area contributed by atoms with E-state index in [2.05, 4.69) is 0 Å². The van der Waals surface area contributed by atoms with Crippen LogP contribution < -0.4 is 9.80 Å². The molecule has 6 nitrogen and oxygen atoms in total. The molecule has 2 aromatic rings. The molecule has 0 aliphatic carbocycles. The van der Waals surface area contributed by atoms with E-state index in [9.17, 15) is 19.2 Å². The van der Waals surface area contributed by atoms with Crippen LogP contribution in [0.5, 0.6) is 0 Å². The van der Waals surface area contributed by atoms with E-state index in [1.807, 2.05) is 76.2 Å². The Morgan fingerprint density at radius 1 is 0.528 bits per heavy atom. The second-order valence-corrected chi connectivity index (χ2v) is 9.97. The summed E-state index contributed by atoms with van der Waals surface area (Å²) in [6.07, 6.45) is 4.29. The molecule has 0 radical (unpaired) electrons. The number of carbonyl (C=O) groups excluding carboxylic acids is 4. The van der Waals surface area contributed by atoms with E-state index >= 15 is 0 Å². The molecule has 0 spiro atoms. The predicted molar refractivity (Wildman–Crippen MR) is 140 cm³/mol. The third kappa shape index (κ3) is 4.49. The normalized spacial score (nSPS) is 24.3. The third-order valence-corrected chi connectivity index (χ3v) is 7.84. The van der Waals surface area contributed by atoms with Gasteiger partial charge in [-0.25, -0.2) is 0 Å². The monoisotopic (exact) mass is 488 g/mol. The lowest BCUT2D eigenvalue weighted by Crippen LogP contribution is -2.31. The first kappa shape index (κ1) is 25.8. The largest absolute Gasteiger partial charge is 0.274 e. The van der Waals surface area contributed by atoms with Gasteiger partial charge in [0.25, 0.3) is 0 Å². The maximum Gasteiger partial charge on any atom is 0.237 e. The number of rotatable bonds is 9. The first-order chi connectivity index (χ1) is 17.4. The highest BCUT2D eigenvalue weighted by Gasteiger charge is 2.47. The highest BCUT2D eigenvalue weighted by atomic mass is 16.2. The standard InChI is InChI=1S/C30H36N2O4/c1-5-9-26-25(8-4)29(35)32(30(26)36)22-16-12-20(13-17-22)18-19-10-14-21(15-11-19)31-27(33)23(6-2)24(7-3)28(31)34/h10-17,23-26H,5-9,18H2,1-4H3. The molecule has 2 saturated heterocycles. The molecule has 6 heteroatoms. The van der Waals surface area contributed by atoms with Gasteiger partial charge in [0.2, 0.25) is 23.6 Å². The minimum atomic E-state index is -0.236. The fourth-order valence-electron chi connectivity index (χ4n) is 5.85. The van der Waals surface area contributed by atoms with Gasteiger partial charge in [0.15, 0.2) is 0 Å². The molecule has 0 bridgehead atoms. The van der Waals surface area contributed by atoms with E-state index in [4.69, 9.17) is 0 Å². The van der Waals surface area contributed by atoms with Crippen molar-refractivity contribution in [2.45, 2.75) is 66.2 Å². The summed E-state index contributed by atoms with van der Waals surface area (Å²) in [5, 5.41) is 0. The third-order valence-electron chi connectivity index (χ3n) is 7.84. The summed E-state index contributed by atoms with van der Waals surface area (Å²) >= 11 is 0. The van der Waals surface area contributed by atoms with Crippen molar-refractivity contribution >= 4 is 35.0 Å². The van der Waals surface area contributed by atoms with Gasteiger partial charge in [0.1, 0.15) is 0 Å². The van der Waals surface area contributed by atoms with E-state index in [1.165, 1.54) is 9.80 Å². The minimum Gasteiger partial charge on any atom is -0.274 e. The van der Waals surface area contributed by atoms with Gasteiger partial charge in [-0.3, -0.25) is 29.0 Å². The van der Waals surface area contributed by atoms with E-state index in [1.54, 1.807) is 0 Å². The van der Waals surface area contributed by atoms with Crippen molar-refractivity contribution in [1.29, 1.82) is 0 Å². The summed E-state index contributed by atoms with van der Waals surface area (Å²) in [5.74, 6) is -1.31. The van der Waals surface area contributed by atoms with Crippen molar-refractivity contribution in [2.24, 2.45) is 23.7 Å². The zero-order valence-electron chi connectivity index (χ0n) is 21.7. The predicted octanol–water partition coefficient (Wildman–Crippen LogP) is 5.52. The first-order valence-electron chi connectivity index (χ1n) is 13.3. The van der Waals surface area contributed by atoms with Crippen LogP contribution in [-0.2, 0) is 25.6 Å². The maximum absolute atomic E-state index is 13.0. The van der Waals surface area contributed by atoms with E-state index in [0.717, 1.165) is 24.0 Å². The Kier molecular flexibility index (Phi) is 7.72. The molecular weight excluding hydrogens is 452 g/mol. The molecule has 0 saturated carbocycles. The Hall–Kier alpha value is -3.28. The van der Waals surface area contributed by atoms with Gasteiger partial charge < -0.3 is 0 Å². The summed E-state index contributed by atoms with van der Waals surface area (Å²) in [4.78, 5) is 54.3. The van der Waals surface area contributed by atoms with Crippen LogP contribution in [0.2, 0.25) is 0 Å². The Labute approximate surface area is 213 Å².